The average molecular weight is 469 g/mol. The van der Waals surface area contributed by atoms with Crippen molar-refractivity contribution in [3.8, 4) is 5.75 Å². The molecule has 0 radical (unpaired) electrons. The van der Waals surface area contributed by atoms with E-state index in [4.69, 9.17) is 4.74 Å². The van der Waals surface area contributed by atoms with Gasteiger partial charge in [-0.1, -0.05) is 29.8 Å². The number of sulfonamides is 1. The Balaban J connectivity index is 1.62. The van der Waals surface area contributed by atoms with Crippen LogP contribution in [0.3, 0.4) is 0 Å². The van der Waals surface area contributed by atoms with Crippen LogP contribution in [0.5, 0.6) is 5.75 Å². The molecule has 1 heterocycles. The molecule has 6 nitrogen and oxygen atoms in total. The molecule has 1 saturated heterocycles. The van der Waals surface area contributed by atoms with Gasteiger partial charge in [-0.2, -0.15) is 0 Å². The zero-order valence-electron chi connectivity index (χ0n) is 18.0. The molecule has 166 valence electrons. The van der Waals surface area contributed by atoms with E-state index in [0.29, 0.717) is 17.2 Å². The van der Waals surface area contributed by atoms with Crippen molar-refractivity contribution in [3.05, 3.63) is 83.4 Å². The standard InChI is InChI=1S/C24H24N2O4S2/c1-16-7-12-22(17(2)13-16)26-23(27)15-31-24(26)18-5-4-6-19(14-18)25-32(28,29)21-10-8-20(30-3)9-11-21/h4-14,24-25H,15H2,1-3H3. The van der Waals surface area contributed by atoms with Crippen LogP contribution in [0, 0.1) is 13.8 Å². The van der Waals surface area contributed by atoms with Crippen LogP contribution in [0.4, 0.5) is 11.4 Å². The van der Waals surface area contributed by atoms with Gasteiger partial charge in [-0.3, -0.25) is 14.4 Å². The third-order valence-corrected chi connectivity index (χ3v) is 7.88. The molecule has 0 aromatic heterocycles. The molecule has 32 heavy (non-hydrogen) atoms. The second-order valence-corrected chi connectivity index (χ2v) is 10.4. The molecule has 1 atom stereocenters. The summed E-state index contributed by atoms with van der Waals surface area (Å²) >= 11 is 1.53. The molecule has 0 spiro atoms. The first-order valence-electron chi connectivity index (χ1n) is 10.1. The van der Waals surface area contributed by atoms with Gasteiger partial charge in [0.1, 0.15) is 11.1 Å². The topological polar surface area (TPSA) is 75.7 Å². The SMILES string of the molecule is COc1ccc(S(=O)(=O)Nc2cccc(C3SCC(=O)N3c3ccc(C)cc3C)c2)cc1. The summed E-state index contributed by atoms with van der Waals surface area (Å²) < 4.78 is 33.4. The van der Waals surface area contributed by atoms with Gasteiger partial charge >= 0.3 is 0 Å². The molecule has 1 amide bonds. The summed E-state index contributed by atoms with van der Waals surface area (Å²) in [6.45, 7) is 4.02. The Morgan fingerprint density at radius 1 is 1.03 bits per heavy atom. The number of rotatable bonds is 6. The number of carbonyl (C=O) groups excluding carboxylic acids is 1. The third kappa shape index (κ3) is 4.47. The van der Waals surface area contributed by atoms with Crippen LogP contribution in [-0.4, -0.2) is 27.2 Å². The van der Waals surface area contributed by atoms with Crippen molar-refractivity contribution < 1.29 is 17.9 Å². The first-order valence-corrected chi connectivity index (χ1v) is 12.6. The van der Waals surface area contributed by atoms with Gasteiger partial charge in [0.15, 0.2) is 0 Å². The van der Waals surface area contributed by atoms with Gasteiger partial charge in [-0.25, -0.2) is 8.42 Å². The summed E-state index contributed by atoms with van der Waals surface area (Å²) in [6, 6.07) is 19.4. The van der Waals surface area contributed by atoms with Crippen molar-refractivity contribution in [2.75, 3.05) is 22.5 Å². The van der Waals surface area contributed by atoms with Crippen molar-refractivity contribution >= 4 is 39.1 Å². The highest BCUT2D eigenvalue weighted by Gasteiger charge is 2.35. The quantitative estimate of drug-likeness (QED) is 0.557. The van der Waals surface area contributed by atoms with E-state index in [1.54, 1.807) is 35.2 Å². The van der Waals surface area contributed by atoms with E-state index in [2.05, 4.69) is 10.8 Å². The zero-order valence-corrected chi connectivity index (χ0v) is 19.7. The lowest BCUT2D eigenvalue weighted by Crippen LogP contribution is -2.28. The van der Waals surface area contributed by atoms with Gasteiger partial charge in [-0.15, -0.1) is 11.8 Å². The van der Waals surface area contributed by atoms with Crippen molar-refractivity contribution in [3.63, 3.8) is 0 Å². The lowest BCUT2D eigenvalue weighted by molar-refractivity contribution is -0.115. The van der Waals surface area contributed by atoms with Crippen molar-refractivity contribution in [1.29, 1.82) is 0 Å². The Labute approximate surface area is 192 Å². The number of ether oxygens (including phenoxy) is 1. The van der Waals surface area contributed by atoms with Crippen molar-refractivity contribution in [2.45, 2.75) is 24.1 Å². The van der Waals surface area contributed by atoms with Crippen LogP contribution in [0.15, 0.2) is 71.6 Å². The second kappa shape index (κ2) is 8.88. The first-order chi connectivity index (χ1) is 15.3. The van der Waals surface area contributed by atoms with Gasteiger partial charge in [0.25, 0.3) is 10.0 Å². The molecule has 8 heteroatoms. The lowest BCUT2D eigenvalue weighted by atomic mass is 10.1. The minimum absolute atomic E-state index is 0.0381. The minimum atomic E-state index is -3.76. The van der Waals surface area contributed by atoms with Gasteiger partial charge in [0.2, 0.25) is 5.91 Å². The fraction of sp³-hybridized carbons (Fsp3) is 0.208. The van der Waals surface area contributed by atoms with E-state index in [9.17, 15) is 13.2 Å². The molecule has 3 aromatic rings. The number of aryl methyl sites for hydroxylation is 2. The molecule has 4 rings (SSSR count). The number of amides is 1. The Morgan fingerprint density at radius 3 is 2.47 bits per heavy atom. The molecule has 0 bridgehead atoms. The summed E-state index contributed by atoms with van der Waals surface area (Å²) in [5.41, 5.74) is 4.34. The second-order valence-electron chi connectivity index (χ2n) is 7.62. The molecule has 1 aliphatic heterocycles. The van der Waals surface area contributed by atoms with E-state index in [1.807, 2.05) is 32.0 Å². The zero-order chi connectivity index (χ0) is 22.9. The monoisotopic (exact) mass is 468 g/mol. The molecule has 0 aliphatic carbocycles. The predicted molar refractivity (Wildman–Crippen MR) is 129 cm³/mol. The fourth-order valence-corrected chi connectivity index (χ4v) is 5.94. The summed E-state index contributed by atoms with van der Waals surface area (Å²) in [5, 5.41) is -0.227. The van der Waals surface area contributed by atoms with Crippen LogP contribution in [-0.2, 0) is 14.8 Å². The molecule has 3 aromatic carbocycles. The highest BCUT2D eigenvalue weighted by atomic mass is 32.2. The van der Waals surface area contributed by atoms with Gasteiger partial charge in [-0.05, 0) is 67.4 Å². The fourth-order valence-electron chi connectivity index (χ4n) is 3.73. The summed E-state index contributed by atoms with van der Waals surface area (Å²) in [5.74, 6) is 0.997. The van der Waals surface area contributed by atoms with E-state index in [-0.39, 0.29) is 16.2 Å². The number of nitrogens with zero attached hydrogens (tertiary/aromatic N) is 1. The molecular weight excluding hydrogens is 444 g/mol. The number of nitrogens with one attached hydrogen (secondary N) is 1. The smallest absolute Gasteiger partial charge is 0.261 e. The number of hydrogen-bond acceptors (Lipinski definition) is 5. The number of anilines is 2. The Kier molecular flexibility index (Phi) is 6.17. The Bertz CT molecular complexity index is 1260. The first kappa shape index (κ1) is 22.2. The molecule has 0 saturated carbocycles. The van der Waals surface area contributed by atoms with Gasteiger partial charge < -0.3 is 4.74 Å². The maximum Gasteiger partial charge on any atom is 0.261 e. The molecular formula is C24H24N2O4S2. The number of methoxy groups -OCH3 is 1. The Morgan fingerprint density at radius 2 is 1.78 bits per heavy atom. The minimum Gasteiger partial charge on any atom is -0.497 e. The van der Waals surface area contributed by atoms with E-state index < -0.39 is 10.0 Å². The summed E-state index contributed by atoms with van der Waals surface area (Å²) in [6.07, 6.45) is 0. The predicted octanol–water partition coefficient (Wildman–Crippen LogP) is 4.89. The molecule has 1 aliphatic rings. The van der Waals surface area contributed by atoms with Crippen LogP contribution >= 0.6 is 11.8 Å². The summed E-state index contributed by atoms with van der Waals surface area (Å²) in [7, 11) is -2.23. The number of thioether (sulfide) groups is 1. The van der Waals surface area contributed by atoms with Crippen molar-refractivity contribution in [1.82, 2.24) is 0 Å². The van der Waals surface area contributed by atoms with Gasteiger partial charge in [0, 0.05) is 11.4 Å². The highest BCUT2D eigenvalue weighted by Crippen LogP contribution is 2.43. The largest absolute Gasteiger partial charge is 0.497 e. The van der Waals surface area contributed by atoms with Crippen LogP contribution < -0.4 is 14.4 Å². The normalized spacial score (nSPS) is 16.3. The van der Waals surface area contributed by atoms with Crippen molar-refractivity contribution in [2.24, 2.45) is 0 Å². The average Bonchev–Trinajstić information content (AvgIpc) is 3.15. The lowest BCUT2D eigenvalue weighted by Gasteiger charge is -2.26. The highest BCUT2D eigenvalue weighted by molar-refractivity contribution is 8.00. The van der Waals surface area contributed by atoms with Crippen LogP contribution in [0.2, 0.25) is 0 Å². The van der Waals surface area contributed by atoms with Gasteiger partial charge in [0.05, 0.1) is 17.8 Å². The molecule has 1 N–H and O–H groups in total. The maximum absolute atomic E-state index is 12.8. The van der Waals surface area contributed by atoms with E-state index in [1.165, 1.54) is 31.0 Å². The third-order valence-electron chi connectivity index (χ3n) is 5.27. The maximum atomic E-state index is 12.8. The number of benzene rings is 3. The number of carbonyl (C=O) groups is 1. The molecule has 1 fully saturated rings. The van der Waals surface area contributed by atoms with Crippen LogP contribution in [0.1, 0.15) is 22.1 Å². The van der Waals surface area contributed by atoms with E-state index >= 15 is 0 Å². The number of hydrogen-bond donors (Lipinski definition) is 1. The summed E-state index contributed by atoms with van der Waals surface area (Å²) in [4.78, 5) is 14.7. The Hall–Kier alpha value is -2.97. The van der Waals surface area contributed by atoms with Crippen LogP contribution in [0.25, 0.3) is 0 Å². The molecule has 1 unspecified atom stereocenters. The van der Waals surface area contributed by atoms with E-state index in [0.717, 1.165) is 22.4 Å².